The molecule has 1 saturated carbocycles. The molecule has 0 radical (unpaired) electrons. The average molecular weight is 583 g/mol. The lowest BCUT2D eigenvalue weighted by atomic mass is 9.97. The SMILES string of the molecule is CC(C)(C)OC(=O)NC1(C(=O)NC2CC2)CCN(c2ccc(F)c(C=O)c2Cn2cnc3c(NC(=O)O)ncnc32)C1. The Morgan fingerprint density at radius 3 is 2.64 bits per heavy atom. The van der Waals surface area contributed by atoms with E-state index in [2.05, 4.69) is 30.9 Å². The van der Waals surface area contributed by atoms with Crippen LogP contribution in [0.25, 0.3) is 11.2 Å². The molecule has 4 N–H and O–H groups in total. The van der Waals surface area contributed by atoms with Crippen molar-refractivity contribution in [1.82, 2.24) is 30.2 Å². The number of halogens is 1. The van der Waals surface area contributed by atoms with Gasteiger partial charge in [0.1, 0.15) is 23.3 Å². The van der Waals surface area contributed by atoms with Gasteiger partial charge in [-0.15, -0.1) is 0 Å². The number of aromatic nitrogens is 4. The number of carbonyl (C=O) groups is 4. The quantitative estimate of drug-likeness (QED) is 0.288. The van der Waals surface area contributed by atoms with Crippen LogP contribution in [0.15, 0.2) is 24.8 Å². The largest absolute Gasteiger partial charge is 0.465 e. The first-order valence-corrected chi connectivity index (χ1v) is 13.4. The Kier molecular flexibility index (Phi) is 7.43. The summed E-state index contributed by atoms with van der Waals surface area (Å²) < 4.78 is 21.9. The van der Waals surface area contributed by atoms with E-state index in [0.717, 1.165) is 19.2 Å². The van der Waals surface area contributed by atoms with E-state index in [4.69, 9.17) is 9.84 Å². The lowest BCUT2D eigenvalue weighted by Gasteiger charge is -2.31. The molecule has 1 saturated heterocycles. The molecule has 2 fully saturated rings. The van der Waals surface area contributed by atoms with E-state index >= 15 is 0 Å². The maximum Gasteiger partial charge on any atom is 0.410 e. The number of aldehydes is 1. The first-order chi connectivity index (χ1) is 19.9. The number of alkyl carbamates (subject to hydrolysis) is 1. The lowest BCUT2D eigenvalue weighted by Crippen LogP contribution is -2.61. The minimum Gasteiger partial charge on any atom is -0.465 e. The maximum atomic E-state index is 14.9. The van der Waals surface area contributed by atoms with Crippen molar-refractivity contribution < 1.29 is 33.4 Å². The number of ether oxygens (including phenoxy) is 1. The molecular weight excluding hydrogens is 551 g/mol. The Bertz CT molecular complexity index is 1570. The summed E-state index contributed by atoms with van der Waals surface area (Å²) >= 11 is 0. The number of hydrogen-bond acceptors (Lipinski definition) is 9. The maximum absolute atomic E-state index is 14.9. The second-order valence-electron chi connectivity index (χ2n) is 11.4. The Labute approximate surface area is 239 Å². The Morgan fingerprint density at radius 2 is 1.98 bits per heavy atom. The van der Waals surface area contributed by atoms with E-state index in [1.54, 1.807) is 20.8 Å². The molecule has 3 aromatic rings. The van der Waals surface area contributed by atoms with Crippen molar-refractivity contribution in [2.24, 2.45) is 0 Å². The number of fused-ring (bicyclic) bond motifs is 1. The average Bonchev–Trinajstić information content (AvgIpc) is 3.46. The Balaban J connectivity index is 1.49. The highest BCUT2D eigenvalue weighted by atomic mass is 19.1. The fourth-order valence-corrected chi connectivity index (χ4v) is 4.98. The third-order valence-corrected chi connectivity index (χ3v) is 7.05. The molecule has 2 aromatic heterocycles. The van der Waals surface area contributed by atoms with E-state index in [1.165, 1.54) is 23.0 Å². The number of nitrogens with one attached hydrogen (secondary N) is 3. The molecule has 3 heterocycles. The van der Waals surface area contributed by atoms with Crippen molar-refractivity contribution in [2.45, 2.75) is 63.8 Å². The fraction of sp³-hybridized carbons (Fsp3) is 0.444. The van der Waals surface area contributed by atoms with Gasteiger partial charge in [0.15, 0.2) is 23.3 Å². The van der Waals surface area contributed by atoms with Crippen LogP contribution in [0.3, 0.4) is 0 Å². The number of benzene rings is 1. The molecule has 1 unspecified atom stereocenters. The minimum atomic E-state index is -1.33. The molecule has 3 amide bonds. The fourth-order valence-electron chi connectivity index (χ4n) is 4.98. The number of carbonyl (C=O) groups excluding carboxylic acids is 3. The van der Waals surface area contributed by atoms with Gasteiger partial charge in [-0.2, -0.15) is 0 Å². The monoisotopic (exact) mass is 582 g/mol. The summed E-state index contributed by atoms with van der Waals surface area (Å²) in [4.78, 5) is 63.7. The van der Waals surface area contributed by atoms with Crippen molar-refractivity contribution in [3.8, 4) is 0 Å². The predicted molar refractivity (Wildman–Crippen MR) is 148 cm³/mol. The molecule has 5 rings (SSSR count). The van der Waals surface area contributed by atoms with Crippen LogP contribution < -0.4 is 20.9 Å². The van der Waals surface area contributed by atoms with Crippen LogP contribution >= 0.6 is 0 Å². The van der Waals surface area contributed by atoms with E-state index in [9.17, 15) is 23.6 Å². The lowest BCUT2D eigenvalue weighted by molar-refractivity contribution is -0.127. The number of nitrogens with zero attached hydrogens (tertiary/aromatic N) is 5. The van der Waals surface area contributed by atoms with E-state index < -0.39 is 29.1 Å². The molecule has 2 aliphatic rings. The van der Waals surface area contributed by atoms with Gasteiger partial charge in [-0.1, -0.05) is 0 Å². The molecule has 14 nitrogen and oxygen atoms in total. The molecule has 0 bridgehead atoms. The third-order valence-electron chi connectivity index (χ3n) is 7.05. The van der Waals surface area contributed by atoms with Crippen LogP contribution in [0.2, 0.25) is 0 Å². The Morgan fingerprint density at radius 1 is 1.21 bits per heavy atom. The molecule has 222 valence electrons. The topological polar surface area (TPSA) is 181 Å². The highest BCUT2D eigenvalue weighted by molar-refractivity contribution is 5.93. The van der Waals surface area contributed by atoms with Crippen LogP contribution in [0.5, 0.6) is 0 Å². The summed E-state index contributed by atoms with van der Waals surface area (Å²) in [6.07, 6.45) is 2.85. The van der Waals surface area contributed by atoms with Gasteiger partial charge in [-0.05, 0) is 52.2 Å². The number of rotatable bonds is 8. The van der Waals surface area contributed by atoms with Gasteiger partial charge in [-0.25, -0.2) is 28.9 Å². The standard InChI is InChI=1S/C27H31FN8O6/c1-26(2,3)42-25(41)34-27(23(38)32-15-4-5-15)8-9-35(12-27)19-7-6-18(28)17(11-37)16(19)10-36-14-31-20-21(33-24(39)40)29-13-30-22(20)36/h6-7,11,13-15H,4-5,8-10,12H2,1-3H3,(H,32,38)(H,34,41)(H,39,40)(H,29,30,33). The summed E-state index contributed by atoms with van der Waals surface area (Å²) in [5.41, 5.74) is -1.10. The second kappa shape index (κ2) is 10.9. The van der Waals surface area contributed by atoms with Crippen molar-refractivity contribution in [2.75, 3.05) is 23.3 Å². The number of carboxylic acid groups (broad SMARTS) is 1. The van der Waals surface area contributed by atoms with Crippen LogP contribution in [0.1, 0.15) is 56.0 Å². The van der Waals surface area contributed by atoms with Crippen molar-refractivity contribution in [3.05, 3.63) is 41.7 Å². The summed E-state index contributed by atoms with van der Waals surface area (Å²) in [6, 6.07) is 2.74. The zero-order chi connectivity index (χ0) is 30.2. The van der Waals surface area contributed by atoms with Crippen LogP contribution in [0, 0.1) is 5.82 Å². The Hall–Kier alpha value is -4.82. The molecule has 42 heavy (non-hydrogen) atoms. The van der Waals surface area contributed by atoms with Gasteiger partial charge in [0.25, 0.3) is 0 Å². The zero-order valence-electron chi connectivity index (χ0n) is 23.3. The van der Waals surface area contributed by atoms with Crippen LogP contribution in [0.4, 0.5) is 25.5 Å². The van der Waals surface area contributed by atoms with Crippen molar-refractivity contribution in [1.29, 1.82) is 0 Å². The smallest absolute Gasteiger partial charge is 0.410 e. The molecule has 0 spiro atoms. The van der Waals surface area contributed by atoms with Gasteiger partial charge in [0, 0.05) is 23.8 Å². The van der Waals surface area contributed by atoms with Crippen molar-refractivity contribution in [3.63, 3.8) is 0 Å². The molecule has 15 heteroatoms. The van der Waals surface area contributed by atoms with E-state index in [0.29, 0.717) is 24.1 Å². The van der Waals surface area contributed by atoms with Gasteiger partial charge in [0.2, 0.25) is 5.91 Å². The van der Waals surface area contributed by atoms with Gasteiger partial charge >= 0.3 is 12.2 Å². The van der Waals surface area contributed by atoms with Gasteiger partial charge in [-0.3, -0.25) is 14.9 Å². The predicted octanol–water partition coefficient (Wildman–Crippen LogP) is 2.67. The number of anilines is 2. The van der Waals surface area contributed by atoms with E-state index in [-0.39, 0.29) is 54.0 Å². The number of hydrogen-bond donors (Lipinski definition) is 4. The first-order valence-electron chi connectivity index (χ1n) is 13.4. The van der Waals surface area contributed by atoms with Crippen LogP contribution in [-0.2, 0) is 16.1 Å². The third kappa shape index (κ3) is 5.94. The normalized spacial score (nSPS) is 18.5. The molecule has 1 aliphatic carbocycles. The van der Waals surface area contributed by atoms with Gasteiger partial charge < -0.3 is 29.9 Å². The van der Waals surface area contributed by atoms with E-state index in [1.807, 2.05) is 4.90 Å². The highest BCUT2D eigenvalue weighted by Gasteiger charge is 2.48. The number of imidazole rings is 1. The zero-order valence-corrected chi connectivity index (χ0v) is 23.3. The molecule has 1 aromatic carbocycles. The first kappa shape index (κ1) is 28.7. The summed E-state index contributed by atoms with van der Waals surface area (Å²) in [5, 5.41) is 17.0. The summed E-state index contributed by atoms with van der Waals surface area (Å²) in [7, 11) is 0. The highest BCUT2D eigenvalue weighted by Crippen LogP contribution is 2.34. The second-order valence-corrected chi connectivity index (χ2v) is 11.4. The summed E-state index contributed by atoms with van der Waals surface area (Å²) in [6.45, 7) is 5.47. The molecule has 1 atom stereocenters. The van der Waals surface area contributed by atoms with Gasteiger partial charge in [0.05, 0.1) is 25.0 Å². The van der Waals surface area contributed by atoms with Crippen LogP contribution in [-0.4, -0.2) is 79.3 Å². The molecular formula is C27H31FN8O6. The van der Waals surface area contributed by atoms with Crippen molar-refractivity contribution >= 4 is 47.0 Å². The summed E-state index contributed by atoms with van der Waals surface area (Å²) in [5.74, 6) is -1.10. The molecule has 1 aliphatic heterocycles. The number of amides is 3. The minimum absolute atomic E-state index is 0.0273.